The molecule has 0 aromatic carbocycles. The molecule has 0 aliphatic carbocycles. The Morgan fingerprint density at radius 1 is 1.63 bits per heavy atom. The summed E-state index contributed by atoms with van der Waals surface area (Å²) in [7, 11) is 1.64. The lowest BCUT2D eigenvalue weighted by atomic mass is 10.1. The zero-order valence-electron chi connectivity index (χ0n) is 10.9. The van der Waals surface area contributed by atoms with Gasteiger partial charge < -0.3 is 19.5 Å². The fourth-order valence-electron chi connectivity index (χ4n) is 2.06. The third-order valence-electron chi connectivity index (χ3n) is 3.04. The summed E-state index contributed by atoms with van der Waals surface area (Å²) < 4.78 is 10.6. The average Bonchev–Trinajstić information content (AvgIpc) is 2.44. The maximum absolute atomic E-state index is 12.3. The first-order chi connectivity index (χ1) is 9.20. The van der Waals surface area contributed by atoms with E-state index in [1.54, 1.807) is 12.0 Å². The third-order valence-corrected chi connectivity index (χ3v) is 3.04. The highest BCUT2D eigenvalue weighted by Crippen LogP contribution is 2.15. The zero-order valence-corrected chi connectivity index (χ0v) is 10.9. The molecule has 1 N–H and O–H groups in total. The molecule has 1 aliphatic heterocycles. The smallest absolute Gasteiger partial charge is 0.255 e. The molecule has 1 aliphatic rings. The minimum absolute atomic E-state index is 0.00270. The van der Waals surface area contributed by atoms with Crippen LogP contribution in [0.5, 0.6) is 5.75 Å². The number of rotatable bonds is 4. The van der Waals surface area contributed by atoms with Crippen molar-refractivity contribution in [1.29, 1.82) is 0 Å². The summed E-state index contributed by atoms with van der Waals surface area (Å²) in [5, 5.41) is 9.35. The Hall–Kier alpha value is -1.66. The molecule has 0 bridgehead atoms. The number of nitrogens with zero attached hydrogens (tertiary/aromatic N) is 2. The Kier molecular flexibility index (Phi) is 4.70. The minimum Gasteiger partial charge on any atom is -0.506 e. The number of carbonyl (C=O) groups excluding carboxylic acids is 1. The van der Waals surface area contributed by atoms with Crippen LogP contribution in [-0.2, 0) is 9.47 Å². The molecule has 1 aromatic heterocycles. The van der Waals surface area contributed by atoms with Crippen LogP contribution >= 0.6 is 0 Å². The van der Waals surface area contributed by atoms with Gasteiger partial charge in [-0.05, 0) is 12.5 Å². The van der Waals surface area contributed by atoms with Gasteiger partial charge in [-0.2, -0.15) is 0 Å². The number of aromatic nitrogens is 1. The van der Waals surface area contributed by atoms with Crippen molar-refractivity contribution in [2.24, 2.45) is 0 Å². The molecule has 0 saturated carbocycles. The van der Waals surface area contributed by atoms with Gasteiger partial charge in [-0.1, -0.05) is 0 Å². The normalized spacial score (nSPS) is 19.4. The first-order valence-electron chi connectivity index (χ1n) is 6.24. The number of hydrogen-bond donors (Lipinski definition) is 1. The largest absolute Gasteiger partial charge is 0.506 e. The predicted octanol–water partition coefficient (Wildman–Crippen LogP) is 0.665. The van der Waals surface area contributed by atoms with Gasteiger partial charge in [-0.15, -0.1) is 0 Å². The molecule has 6 nitrogen and oxygen atoms in total. The second-order valence-electron chi connectivity index (χ2n) is 4.46. The van der Waals surface area contributed by atoms with Crippen molar-refractivity contribution in [3.63, 3.8) is 0 Å². The van der Waals surface area contributed by atoms with E-state index >= 15 is 0 Å². The topological polar surface area (TPSA) is 71.9 Å². The quantitative estimate of drug-likeness (QED) is 0.867. The van der Waals surface area contributed by atoms with Crippen LogP contribution in [-0.4, -0.2) is 60.4 Å². The van der Waals surface area contributed by atoms with Crippen molar-refractivity contribution in [2.45, 2.75) is 12.5 Å². The van der Waals surface area contributed by atoms with Gasteiger partial charge in [0.1, 0.15) is 5.75 Å². The number of ether oxygens (including phenoxy) is 2. The summed E-state index contributed by atoms with van der Waals surface area (Å²) in [5.74, 6) is -0.135. The maximum Gasteiger partial charge on any atom is 0.255 e. The molecule has 6 heteroatoms. The standard InChI is InChI=1S/C13H18N2O4/c1-18-4-2-12-9-15(3-5-19-12)13(17)10-6-11(16)8-14-7-10/h6-8,12,16H,2-5,9H2,1H3/t12-/m0/s1. The zero-order chi connectivity index (χ0) is 13.7. The third kappa shape index (κ3) is 3.65. The van der Waals surface area contributed by atoms with E-state index in [2.05, 4.69) is 4.98 Å². The second kappa shape index (κ2) is 6.49. The predicted molar refractivity (Wildman–Crippen MR) is 68.0 cm³/mol. The van der Waals surface area contributed by atoms with E-state index in [4.69, 9.17) is 9.47 Å². The van der Waals surface area contributed by atoms with Crippen molar-refractivity contribution in [3.8, 4) is 5.75 Å². The Morgan fingerprint density at radius 2 is 2.47 bits per heavy atom. The fourth-order valence-corrected chi connectivity index (χ4v) is 2.06. The first kappa shape index (κ1) is 13.8. The van der Waals surface area contributed by atoms with E-state index in [9.17, 15) is 9.90 Å². The lowest BCUT2D eigenvalue weighted by molar-refractivity contribution is -0.0333. The van der Waals surface area contributed by atoms with Gasteiger partial charge >= 0.3 is 0 Å². The van der Waals surface area contributed by atoms with Crippen LogP contribution in [0.1, 0.15) is 16.8 Å². The number of morpholine rings is 1. The molecule has 104 valence electrons. The molecule has 1 atom stereocenters. The molecule has 1 saturated heterocycles. The molecule has 0 radical (unpaired) electrons. The van der Waals surface area contributed by atoms with Gasteiger partial charge in [0.2, 0.25) is 0 Å². The van der Waals surface area contributed by atoms with E-state index in [0.29, 0.717) is 31.9 Å². The Morgan fingerprint density at radius 3 is 3.21 bits per heavy atom. The number of aromatic hydroxyl groups is 1. The van der Waals surface area contributed by atoms with Crippen molar-refractivity contribution < 1.29 is 19.4 Å². The van der Waals surface area contributed by atoms with Crippen LogP contribution in [0.2, 0.25) is 0 Å². The average molecular weight is 266 g/mol. The first-order valence-corrected chi connectivity index (χ1v) is 6.24. The van der Waals surface area contributed by atoms with Gasteiger partial charge in [0, 0.05) is 33.0 Å². The van der Waals surface area contributed by atoms with Crippen molar-refractivity contribution in [3.05, 3.63) is 24.0 Å². The van der Waals surface area contributed by atoms with Crippen molar-refractivity contribution >= 4 is 5.91 Å². The molecular formula is C13H18N2O4. The number of hydrogen-bond acceptors (Lipinski definition) is 5. The summed E-state index contributed by atoms with van der Waals surface area (Å²) in [6.45, 7) is 2.22. The molecule has 2 heterocycles. The molecule has 1 fully saturated rings. The van der Waals surface area contributed by atoms with Crippen molar-refractivity contribution in [1.82, 2.24) is 9.88 Å². The monoisotopic (exact) mass is 266 g/mol. The maximum atomic E-state index is 12.3. The van der Waals surface area contributed by atoms with E-state index < -0.39 is 0 Å². The molecular weight excluding hydrogens is 248 g/mol. The summed E-state index contributed by atoms with van der Waals surface area (Å²) in [6, 6.07) is 1.43. The van der Waals surface area contributed by atoms with Crippen LogP contribution in [0, 0.1) is 0 Å². The van der Waals surface area contributed by atoms with Crippen LogP contribution in [0.4, 0.5) is 0 Å². The number of pyridine rings is 1. The van der Waals surface area contributed by atoms with E-state index in [-0.39, 0.29) is 17.8 Å². The summed E-state index contributed by atoms with van der Waals surface area (Å²) in [4.78, 5) is 17.8. The minimum atomic E-state index is -0.130. The van der Waals surface area contributed by atoms with Gasteiger partial charge in [-0.25, -0.2) is 0 Å². The summed E-state index contributed by atoms with van der Waals surface area (Å²) in [6.07, 6.45) is 3.53. The van der Waals surface area contributed by atoms with Gasteiger partial charge in [0.25, 0.3) is 5.91 Å². The molecule has 0 spiro atoms. The SMILES string of the molecule is COCC[C@H]1CN(C(=O)c2cncc(O)c2)CCO1. The van der Waals surface area contributed by atoms with E-state index in [1.807, 2.05) is 0 Å². The van der Waals surface area contributed by atoms with Crippen LogP contribution in [0.25, 0.3) is 0 Å². The molecule has 0 unspecified atom stereocenters. The van der Waals surface area contributed by atoms with Crippen LogP contribution < -0.4 is 0 Å². The molecule has 1 aromatic rings. The number of methoxy groups -OCH3 is 1. The molecule has 2 rings (SSSR count). The molecule has 1 amide bonds. The second-order valence-corrected chi connectivity index (χ2v) is 4.46. The highest BCUT2D eigenvalue weighted by Gasteiger charge is 2.25. The molecule has 19 heavy (non-hydrogen) atoms. The number of amides is 1. The van der Waals surface area contributed by atoms with Gasteiger partial charge in [-0.3, -0.25) is 9.78 Å². The van der Waals surface area contributed by atoms with Gasteiger partial charge in [0.05, 0.1) is 24.5 Å². The fraction of sp³-hybridized carbons (Fsp3) is 0.538. The Balaban J connectivity index is 1.99. The lowest BCUT2D eigenvalue weighted by Gasteiger charge is -2.32. The number of carbonyl (C=O) groups is 1. The lowest BCUT2D eigenvalue weighted by Crippen LogP contribution is -2.46. The van der Waals surface area contributed by atoms with Crippen molar-refractivity contribution in [2.75, 3.05) is 33.4 Å². The summed E-state index contributed by atoms with van der Waals surface area (Å²) in [5.41, 5.74) is 0.396. The van der Waals surface area contributed by atoms with Crippen LogP contribution in [0.3, 0.4) is 0 Å². The van der Waals surface area contributed by atoms with E-state index in [0.717, 1.165) is 6.42 Å². The summed E-state index contributed by atoms with van der Waals surface area (Å²) >= 11 is 0. The highest BCUT2D eigenvalue weighted by atomic mass is 16.5. The van der Waals surface area contributed by atoms with Crippen LogP contribution in [0.15, 0.2) is 18.5 Å². The highest BCUT2D eigenvalue weighted by molar-refractivity contribution is 5.94. The van der Waals surface area contributed by atoms with Gasteiger partial charge in [0.15, 0.2) is 0 Å². The Labute approximate surface area is 112 Å². The Bertz CT molecular complexity index is 438. The van der Waals surface area contributed by atoms with E-state index in [1.165, 1.54) is 18.5 Å².